The smallest absolute Gasteiger partial charge is 0.340 e. The number of amides is 1. The number of hydrogen-bond donors (Lipinski definition) is 1. The number of halogens is 1. The highest BCUT2D eigenvalue weighted by Gasteiger charge is 2.15. The molecule has 94 valence electrons. The Balaban J connectivity index is 2.29. The quantitative estimate of drug-likeness (QED) is 0.725. The van der Waals surface area contributed by atoms with Gasteiger partial charge < -0.3 is 5.73 Å². The normalized spacial score (nSPS) is 10.8. The first-order valence-corrected chi connectivity index (χ1v) is 5.56. The molecular formula is C13H9FN4O. The average Bonchev–Trinajstić information content (AvgIpc) is 2.79. The van der Waals surface area contributed by atoms with Gasteiger partial charge in [-0.3, -0.25) is 4.98 Å². The Labute approximate surface area is 107 Å². The minimum absolute atomic E-state index is 0.338. The molecule has 0 unspecified atom stereocenters. The highest BCUT2D eigenvalue weighted by molar-refractivity contribution is 5.95. The molecule has 0 spiro atoms. The Hall–Kier alpha value is -2.76. The summed E-state index contributed by atoms with van der Waals surface area (Å²) in [6.45, 7) is 0. The monoisotopic (exact) mass is 256 g/mol. The summed E-state index contributed by atoms with van der Waals surface area (Å²) >= 11 is 0. The van der Waals surface area contributed by atoms with Crippen LogP contribution in [0.25, 0.3) is 22.3 Å². The second-order valence-corrected chi connectivity index (χ2v) is 3.98. The van der Waals surface area contributed by atoms with Crippen molar-refractivity contribution in [2.45, 2.75) is 0 Å². The van der Waals surface area contributed by atoms with Gasteiger partial charge in [0, 0.05) is 11.8 Å². The van der Waals surface area contributed by atoms with Crippen LogP contribution in [0.2, 0.25) is 0 Å². The van der Waals surface area contributed by atoms with Crippen molar-refractivity contribution in [3.8, 4) is 11.3 Å². The predicted molar refractivity (Wildman–Crippen MR) is 67.9 cm³/mol. The lowest BCUT2D eigenvalue weighted by Crippen LogP contribution is -2.20. The fraction of sp³-hybridized carbons (Fsp3) is 0. The molecular weight excluding hydrogens is 247 g/mol. The van der Waals surface area contributed by atoms with Gasteiger partial charge in [0.15, 0.2) is 0 Å². The third-order valence-electron chi connectivity index (χ3n) is 2.77. The molecule has 0 radical (unpaired) electrons. The van der Waals surface area contributed by atoms with Gasteiger partial charge in [-0.05, 0) is 36.4 Å². The number of carbonyl (C=O) groups is 1. The first-order valence-electron chi connectivity index (χ1n) is 5.56. The molecule has 3 rings (SSSR count). The maximum atomic E-state index is 12.9. The molecule has 0 bridgehead atoms. The van der Waals surface area contributed by atoms with Crippen LogP contribution < -0.4 is 5.73 Å². The van der Waals surface area contributed by atoms with E-state index in [2.05, 4.69) is 10.1 Å². The van der Waals surface area contributed by atoms with E-state index < -0.39 is 6.03 Å². The van der Waals surface area contributed by atoms with E-state index in [1.165, 1.54) is 12.1 Å². The number of aromatic nitrogens is 3. The minimum Gasteiger partial charge on any atom is -0.350 e. The van der Waals surface area contributed by atoms with E-state index in [4.69, 9.17) is 5.73 Å². The Morgan fingerprint density at radius 1 is 1.21 bits per heavy atom. The number of nitrogens with two attached hydrogens (primary N) is 1. The minimum atomic E-state index is -0.689. The predicted octanol–water partition coefficient (Wildman–Crippen LogP) is 2.16. The average molecular weight is 256 g/mol. The molecule has 2 N–H and O–H groups in total. The molecule has 0 aliphatic heterocycles. The van der Waals surface area contributed by atoms with E-state index in [0.717, 1.165) is 4.68 Å². The van der Waals surface area contributed by atoms with Gasteiger partial charge in [0.05, 0.1) is 5.52 Å². The standard InChI is InChI=1S/C13H9FN4O/c14-9-5-3-8(4-6-9)11-12-10(2-1-7-16-12)18(17-11)13(15)19/h1-7H,(H2,15,19). The molecule has 6 heteroatoms. The Morgan fingerprint density at radius 2 is 1.95 bits per heavy atom. The van der Waals surface area contributed by atoms with Crippen LogP contribution in [0.1, 0.15) is 0 Å². The van der Waals surface area contributed by atoms with E-state index in [9.17, 15) is 9.18 Å². The number of pyridine rings is 1. The first kappa shape index (κ1) is 11.3. The number of carbonyl (C=O) groups excluding carboxylic acids is 1. The third-order valence-corrected chi connectivity index (χ3v) is 2.77. The van der Waals surface area contributed by atoms with Crippen LogP contribution >= 0.6 is 0 Å². The van der Waals surface area contributed by atoms with E-state index in [-0.39, 0.29) is 5.82 Å². The SMILES string of the molecule is NC(=O)n1nc(-c2ccc(F)cc2)c2ncccc21. The number of rotatable bonds is 1. The summed E-state index contributed by atoms with van der Waals surface area (Å²) in [5.74, 6) is -0.338. The molecule has 0 fully saturated rings. The molecule has 1 aromatic carbocycles. The van der Waals surface area contributed by atoms with Crippen molar-refractivity contribution in [3.63, 3.8) is 0 Å². The van der Waals surface area contributed by atoms with Crippen molar-refractivity contribution < 1.29 is 9.18 Å². The third kappa shape index (κ3) is 1.83. The summed E-state index contributed by atoms with van der Waals surface area (Å²) in [5, 5.41) is 4.15. The zero-order valence-electron chi connectivity index (χ0n) is 9.75. The molecule has 2 aromatic heterocycles. The summed E-state index contributed by atoms with van der Waals surface area (Å²) < 4.78 is 14.0. The van der Waals surface area contributed by atoms with Gasteiger partial charge in [0.2, 0.25) is 0 Å². The summed E-state index contributed by atoms with van der Waals surface area (Å²) in [4.78, 5) is 15.5. The summed E-state index contributed by atoms with van der Waals surface area (Å²) in [7, 11) is 0. The van der Waals surface area contributed by atoms with Crippen LogP contribution in [0, 0.1) is 5.82 Å². The van der Waals surface area contributed by atoms with Crippen LogP contribution in [-0.2, 0) is 0 Å². The summed E-state index contributed by atoms with van der Waals surface area (Å²) in [6, 6.07) is 8.52. The zero-order valence-corrected chi connectivity index (χ0v) is 9.75. The van der Waals surface area contributed by atoms with Gasteiger partial charge >= 0.3 is 6.03 Å². The maximum absolute atomic E-state index is 12.9. The molecule has 0 saturated heterocycles. The van der Waals surface area contributed by atoms with E-state index in [1.807, 2.05) is 0 Å². The van der Waals surface area contributed by atoms with Gasteiger partial charge in [0.25, 0.3) is 0 Å². The molecule has 0 aliphatic rings. The second kappa shape index (κ2) is 4.16. The van der Waals surface area contributed by atoms with Crippen molar-refractivity contribution in [2.75, 3.05) is 0 Å². The van der Waals surface area contributed by atoms with Crippen LogP contribution in [-0.4, -0.2) is 20.8 Å². The van der Waals surface area contributed by atoms with Gasteiger partial charge in [0.1, 0.15) is 17.0 Å². The summed E-state index contributed by atoms with van der Waals surface area (Å²) in [6.07, 6.45) is 1.60. The lowest BCUT2D eigenvalue weighted by molar-refractivity contribution is 0.248. The van der Waals surface area contributed by atoms with Crippen LogP contribution in [0.15, 0.2) is 42.6 Å². The van der Waals surface area contributed by atoms with Crippen molar-refractivity contribution >= 4 is 17.1 Å². The van der Waals surface area contributed by atoms with Crippen molar-refractivity contribution in [2.24, 2.45) is 5.73 Å². The molecule has 3 aromatic rings. The van der Waals surface area contributed by atoms with Crippen molar-refractivity contribution in [1.82, 2.24) is 14.8 Å². The molecule has 0 atom stereocenters. The van der Waals surface area contributed by atoms with Gasteiger partial charge in [-0.15, -0.1) is 0 Å². The molecule has 5 nitrogen and oxygen atoms in total. The Morgan fingerprint density at radius 3 is 2.63 bits per heavy atom. The molecule has 1 amide bonds. The fourth-order valence-corrected chi connectivity index (χ4v) is 1.92. The second-order valence-electron chi connectivity index (χ2n) is 3.98. The van der Waals surface area contributed by atoms with Gasteiger partial charge in [-0.2, -0.15) is 9.78 Å². The zero-order chi connectivity index (χ0) is 13.4. The van der Waals surface area contributed by atoms with Gasteiger partial charge in [-0.1, -0.05) is 0 Å². The van der Waals surface area contributed by atoms with Crippen molar-refractivity contribution in [3.05, 3.63) is 48.4 Å². The number of fused-ring (bicyclic) bond motifs is 1. The molecule has 0 aliphatic carbocycles. The number of hydrogen-bond acceptors (Lipinski definition) is 3. The van der Waals surface area contributed by atoms with Crippen LogP contribution in [0.5, 0.6) is 0 Å². The first-order chi connectivity index (χ1) is 9.16. The van der Waals surface area contributed by atoms with E-state index in [1.54, 1.807) is 30.5 Å². The van der Waals surface area contributed by atoms with Gasteiger partial charge in [-0.25, -0.2) is 9.18 Å². The fourth-order valence-electron chi connectivity index (χ4n) is 1.92. The van der Waals surface area contributed by atoms with Crippen LogP contribution in [0.4, 0.5) is 9.18 Å². The Kier molecular flexibility index (Phi) is 2.49. The maximum Gasteiger partial charge on any atom is 0.340 e. The number of benzene rings is 1. The molecule has 19 heavy (non-hydrogen) atoms. The van der Waals surface area contributed by atoms with Crippen molar-refractivity contribution in [1.29, 1.82) is 0 Å². The lowest BCUT2D eigenvalue weighted by Gasteiger charge is -1.96. The topological polar surface area (TPSA) is 73.8 Å². The number of primary amides is 1. The highest BCUT2D eigenvalue weighted by Crippen LogP contribution is 2.26. The Bertz CT molecular complexity index is 764. The van der Waals surface area contributed by atoms with E-state index >= 15 is 0 Å². The lowest BCUT2D eigenvalue weighted by atomic mass is 10.1. The summed E-state index contributed by atoms with van der Waals surface area (Å²) in [5.41, 5.74) is 7.51. The largest absolute Gasteiger partial charge is 0.350 e. The number of nitrogens with zero attached hydrogens (tertiary/aromatic N) is 3. The molecule has 2 heterocycles. The van der Waals surface area contributed by atoms with E-state index in [0.29, 0.717) is 22.3 Å². The highest BCUT2D eigenvalue weighted by atomic mass is 19.1. The molecule has 0 saturated carbocycles. The van der Waals surface area contributed by atoms with Crippen LogP contribution in [0.3, 0.4) is 0 Å².